The van der Waals surface area contributed by atoms with Crippen LogP contribution in [-0.4, -0.2) is 0 Å². The summed E-state index contributed by atoms with van der Waals surface area (Å²) in [7, 11) is 0. The molecule has 0 bridgehead atoms. The molecular formula is C18H17Cl2Ti. The predicted octanol–water partition coefficient (Wildman–Crippen LogP) is -1.15. The summed E-state index contributed by atoms with van der Waals surface area (Å²) in [5.74, 6) is 0. The summed E-state index contributed by atoms with van der Waals surface area (Å²) in [5, 5.41) is 0. The molecule has 0 saturated carbocycles. The summed E-state index contributed by atoms with van der Waals surface area (Å²) < 4.78 is 0. The quantitative estimate of drug-likeness (QED) is 0.443. The predicted molar refractivity (Wildman–Crippen MR) is 77.0 cm³/mol. The molecule has 2 aliphatic carbocycles. The van der Waals surface area contributed by atoms with E-state index in [1.807, 2.05) is 0 Å². The van der Waals surface area contributed by atoms with Crippen molar-refractivity contribution in [3.8, 4) is 0 Å². The smallest absolute Gasteiger partial charge is 1.00 e. The van der Waals surface area contributed by atoms with Crippen LogP contribution in [0.25, 0.3) is 5.57 Å². The number of hydrogen-bond acceptors (Lipinski definition) is 0. The second-order valence-corrected chi connectivity index (χ2v) is 5.19. The zero-order valence-electron chi connectivity index (χ0n) is 12.4. The molecule has 2 aliphatic rings. The van der Waals surface area contributed by atoms with Crippen LogP contribution in [0.3, 0.4) is 0 Å². The van der Waals surface area contributed by atoms with Crippen LogP contribution in [0.5, 0.6) is 0 Å². The van der Waals surface area contributed by atoms with Crippen LogP contribution in [0.4, 0.5) is 0 Å². The Morgan fingerprint density at radius 2 is 1.76 bits per heavy atom. The summed E-state index contributed by atoms with van der Waals surface area (Å²) in [6, 6.07) is 8.56. The van der Waals surface area contributed by atoms with E-state index in [4.69, 9.17) is 0 Å². The molecule has 0 nitrogen and oxygen atoms in total. The van der Waals surface area contributed by atoms with E-state index >= 15 is 0 Å². The Hall–Kier alpha value is -0.526. The maximum atomic E-state index is 3.60. The SMILES string of the molecule is CC(C)=C1C(C2=C(C)C=CC2)=[C-]c2ccccc21.[Cl-].[Cl-].[Ti+3]. The normalized spacial score (nSPS) is 14.8. The maximum absolute atomic E-state index is 3.60. The second-order valence-electron chi connectivity index (χ2n) is 5.19. The molecule has 0 amide bonds. The fraction of sp³-hybridized carbons (Fsp3) is 0.222. The van der Waals surface area contributed by atoms with E-state index in [1.165, 1.54) is 39.0 Å². The van der Waals surface area contributed by atoms with Crippen LogP contribution in [0, 0.1) is 6.08 Å². The molecular weight excluding hydrogens is 335 g/mol. The summed E-state index contributed by atoms with van der Waals surface area (Å²) in [4.78, 5) is 0. The molecule has 1 aromatic carbocycles. The Kier molecular flexibility index (Phi) is 7.99. The number of halogens is 2. The van der Waals surface area contributed by atoms with E-state index < -0.39 is 0 Å². The third-order valence-corrected chi connectivity index (χ3v) is 3.67. The average molecular weight is 352 g/mol. The van der Waals surface area contributed by atoms with Crippen LogP contribution in [0.1, 0.15) is 38.3 Å². The molecule has 1 radical (unpaired) electrons. The van der Waals surface area contributed by atoms with Crippen molar-refractivity contribution in [3.05, 3.63) is 75.9 Å². The van der Waals surface area contributed by atoms with Gasteiger partial charge in [-0.05, 0) is 13.3 Å². The molecule has 3 heteroatoms. The monoisotopic (exact) mass is 351 g/mol. The van der Waals surface area contributed by atoms with Crippen molar-refractivity contribution < 1.29 is 46.5 Å². The average Bonchev–Trinajstić information content (AvgIpc) is 2.91. The molecule has 1 aromatic rings. The summed E-state index contributed by atoms with van der Waals surface area (Å²) >= 11 is 0. The minimum absolute atomic E-state index is 0. The van der Waals surface area contributed by atoms with Crippen molar-refractivity contribution in [3.63, 3.8) is 0 Å². The first-order valence-corrected chi connectivity index (χ1v) is 6.46. The first-order valence-electron chi connectivity index (χ1n) is 6.46. The summed E-state index contributed by atoms with van der Waals surface area (Å²) in [6.45, 7) is 6.58. The molecule has 0 heterocycles. The molecule has 0 atom stereocenters. The standard InChI is InChI=1S/C18H17.2ClH.Ti/c1-12(2)18-16-9-5-4-8-14(16)11-17(18)15-10-6-7-13(15)3;;;/h4-9H,10H2,1-3H3;2*1H;/q-1;;;+3/p-2. The molecule has 0 spiro atoms. The third-order valence-electron chi connectivity index (χ3n) is 3.67. The Morgan fingerprint density at radius 3 is 2.33 bits per heavy atom. The number of hydrogen-bond donors (Lipinski definition) is 0. The van der Waals surface area contributed by atoms with Gasteiger partial charge in [-0.25, -0.2) is 0 Å². The van der Waals surface area contributed by atoms with Crippen molar-refractivity contribution >= 4 is 5.57 Å². The van der Waals surface area contributed by atoms with Gasteiger partial charge < -0.3 is 24.8 Å². The van der Waals surface area contributed by atoms with Crippen molar-refractivity contribution in [1.82, 2.24) is 0 Å². The molecule has 0 aromatic heterocycles. The first-order chi connectivity index (χ1) is 8.68. The number of allylic oxidation sites excluding steroid dienone is 7. The van der Waals surface area contributed by atoms with E-state index in [9.17, 15) is 0 Å². The van der Waals surface area contributed by atoms with Gasteiger partial charge in [0.15, 0.2) is 0 Å². The van der Waals surface area contributed by atoms with Crippen molar-refractivity contribution in [2.75, 3.05) is 0 Å². The van der Waals surface area contributed by atoms with E-state index in [1.54, 1.807) is 0 Å². The molecule has 0 saturated heterocycles. The third kappa shape index (κ3) is 3.63. The van der Waals surface area contributed by atoms with Crippen LogP contribution >= 0.6 is 0 Å². The van der Waals surface area contributed by atoms with Gasteiger partial charge in [-0.15, -0.1) is 40.0 Å². The molecule has 21 heavy (non-hydrogen) atoms. The molecule has 0 aliphatic heterocycles. The maximum Gasteiger partial charge on any atom is 3.00 e. The van der Waals surface area contributed by atoms with Gasteiger partial charge in [0.1, 0.15) is 0 Å². The fourth-order valence-corrected chi connectivity index (χ4v) is 2.80. The van der Waals surface area contributed by atoms with E-state index in [0.29, 0.717) is 0 Å². The van der Waals surface area contributed by atoms with E-state index in [2.05, 4.69) is 63.3 Å². The molecule has 0 unspecified atom stereocenters. The van der Waals surface area contributed by atoms with Gasteiger partial charge >= 0.3 is 21.7 Å². The molecule has 0 fully saturated rings. The van der Waals surface area contributed by atoms with E-state index in [-0.39, 0.29) is 46.5 Å². The fourth-order valence-electron chi connectivity index (χ4n) is 2.80. The number of rotatable bonds is 1. The van der Waals surface area contributed by atoms with Gasteiger partial charge in [-0.3, -0.25) is 0 Å². The van der Waals surface area contributed by atoms with Gasteiger partial charge in [0, 0.05) is 0 Å². The first kappa shape index (κ1) is 20.5. The molecule has 0 N–H and O–H groups in total. The number of benzene rings is 1. The minimum atomic E-state index is 0. The van der Waals surface area contributed by atoms with Gasteiger partial charge in [-0.2, -0.15) is 0 Å². The largest absolute Gasteiger partial charge is 3.00 e. The second kappa shape index (κ2) is 8.20. The number of fused-ring (bicyclic) bond motifs is 1. The van der Waals surface area contributed by atoms with Crippen LogP contribution < -0.4 is 24.8 Å². The van der Waals surface area contributed by atoms with Crippen molar-refractivity contribution in [2.45, 2.75) is 27.2 Å². The van der Waals surface area contributed by atoms with Crippen LogP contribution in [0.2, 0.25) is 0 Å². The van der Waals surface area contributed by atoms with Gasteiger partial charge in [0.25, 0.3) is 0 Å². The Labute approximate surface area is 154 Å². The minimum Gasteiger partial charge on any atom is -1.00 e. The zero-order chi connectivity index (χ0) is 12.7. The Morgan fingerprint density at radius 1 is 1.10 bits per heavy atom. The molecule has 3 rings (SSSR count). The van der Waals surface area contributed by atoms with Crippen molar-refractivity contribution in [1.29, 1.82) is 0 Å². The Bertz CT molecular complexity index is 645. The zero-order valence-corrected chi connectivity index (χ0v) is 15.5. The van der Waals surface area contributed by atoms with Crippen molar-refractivity contribution in [2.24, 2.45) is 0 Å². The van der Waals surface area contributed by atoms with Gasteiger partial charge in [0.05, 0.1) is 0 Å². The van der Waals surface area contributed by atoms with Gasteiger partial charge in [-0.1, -0.05) is 55.3 Å². The Balaban J connectivity index is 0.00000133. The van der Waals surface area contributed by atoms with Crippen LogP contribution in [-0.2, 0) is 21.7 Å². The molecule has 107 valence electrons. The summed E-state index contributed by atoms with van der Waals surface area (Å²) in [6.07, 6.45) is 9.10. The van der Waals surface area contributed by atoms with Gasteiger partial charge in [0.2, 0.25) is 0 Å². The van der Waals surface area contributed by atoms with Crippen LogP contribution in [0.15, 0.2) is 58.7 Å². The topological polar surface area (TPSA) is 0 Å². The summed E-state index contributed by atoms with van der Waals surface area (Å²) in [5.41, 5.74) is 9.43. The van der Waals surface area contributed by atoms with E-state index in [0.717, 1.165) is 6.42 Å².